The average Bonchev–Trinajstić information content (AvgIpc) is 2.93. The molecular formula is C32H41BrO8. The minimum absolute atomic E-state index is 0.00921. The third kappa shape index (κ3) is 12.9. The number of benzene rings is 2. The van der Waals surface area contributed by atoms with Crippen LogP contribution in [0, 0.1) is 0 Å². The molecule has 0 aromatic heterocycles. The first-order chi connectivity index (χ1) is 19.8. The van der Waals surface area contributed by atoms with Crippen LogP contribution in [-0.4, -0.2) is 23.9 Å². The molecule has 2 aromatic carbocycles. The molecule has 0 bridgehead atoms. The molecular weight excluding hydrogens is 592 g/mol. The van der Waals surface area contributed by atoms with Crippen molar-refractivity contribution in [2.45, 2.75) is 104 Å². The van der Waals surface area contributed by atoms with E-state index < -0.39 is 23.9 Å². The largest absolute Gasteiger partial charge is 0.457 e. The van der Waals surface area contributed by atoms with Crippen LogP contribution in [0.15, 0.2) is 40.9 Å². The molecule has 0 aliphatic carbocycles. The molecule has 0 fully saturated rings. The Morgan fingerprint density at radius 2 is 1.15 bits per heavy atom. The van der Waals surface area contributed by atoms with Crippen LogP contribution < -0.4 is 14.2 Å². The molecule has 41 heavy (non-hydrogen) atoms. The molecule has 0 heterocycles. The van der Waals surface area contributed by atoms with E-state index >= 15 is 0 Å². The zero-order chi connectivity index (χ0) is 30.0. The third-order valence-corrected chi connectivity index (χ3v) is 6.63. The van der Waals surface area contributed by atoms with Gasteiger partial charge in [0.15, 0.2) is 11.5 Å². The van der Waals surface area contributed by atoms with Crippen molar-refractivity contribution in [1.29, 1.82) is 0 Å². The smallest absolute Gasteiger partial charge is 0.338 e. The highest BCUT2D eigenvalue weighted by atomic mass is 79.9. The van der Waals surface area contributed by atoms with Crippen molar-refractivity contribution in [3.8, 4) is 17.2 Å². The van der Waals surface area contributed by atoms with Crippen molar-refractivity contribution in [1.82, 2.24) is 0 Å². The summed E-state index contributed by atoms with van der Waals surface area (Å²) in [7, 11) is 0. The standard InChI is InChI=1S/C32H41BrO8/c1-4-7-10-16-28(34)39-26-20-24(32(37)38-22-23-14-13-15-25(33)19-23)21-27(40-29(35)17-11-8-5-2)31(26)41-30(36)18-12-9-6-3/h13-15,19-21H,4-12,16-18,22H2,1-3H3. The van der Waals surface area contributed by atoms with Gasteiger partial charge in [0.2, 0.25) is 5.75 Å². The molecule has 2 rings (SSSR count). The Kier molecular flexibility index (Phi) is 15.8. The molecule has 0 saturated heterocycles. The Hall–Kier alpha value is -3.20. The van der Waals surface area contributed by atoms with E-state index in [-0.39, 0.29) is 48.7 Å². The summed E-state index contributed by atoms with van der Waals surface area (Å²) >= 11 is 3.39. The molecule has 0 unspecified atom stereocenters. The van der Waals surface area contributed by atoms with Crippen LogP contribution in [0.4, 0.5) is 0 Å². The Morgan fingerprint density at radius 3 is 1.61 bits per heavy atom. The van der Waals surface area contributed by atoms with Crippen LogP contribution in [0.25, 0.3) is 0 Å². The molecule has 0 N–H and O–H groups in total. The van der Waals surface area contributed by atoms with Crippen LogP contribution >= 0.6 is 15.9 Å². The second kappa shape index (κ2) is 19.0. The number of rotatable bonds is 18. The van der Waals surface area contributed by atoms with Crippen molar-refractivity contribution in [3.63, 3.8) is 0 Å². The molecule has 2 aromatic rings. The zero-order valence-electron chi connectivity index (χ0n) is 24.3. The first kappa shape index (κ1) is 34.0. The van der Waals surface area contributed by atoms with E-state index in [1.807, 2.05) is 45.0 Å². The van der Waals surface area contributed by atoms with E-state index in [9.17, 15) is 19.2 Å². The number of hydrogen-bond donors (Lipinski definition) is 0. The lowest BCUT2D eigenvalue weighted by Crippen LogP contribution is -2.16. The molecule has 0 aliphatic rings. The van der Waals surface area contributed by atoms with Crippen LogP contribution in [0.1, 0.15) is 114 Å². The maximum atomic E-state index is 13.1. The van der Waals surface area contributed by atoms with Gasteiger partial charge in [0, 0.05) is 23.7 Å². The first-order valence-electron chi connectivity index (χ1n) is 14.5. The third-order valence-electron chi connectivity index (χ3n) is 6.13. The van der Waals surface area contributed by atoms with Gasteiger partial charge in [0.05, 0.1) is 5.56 Å². The van der Waals surface area contributed by atoms with Crippen molar-refractivity contribution in [2.75, 3.05) is 0 Å². The maximum absolute atomic E-state index is 13.1. The van der Waals surface area contributed by atoms with Gasteiger partial charge in [-0.1, -0.05) is 87.4 Å². The van der Waals surface area contributed by atoms with E-state index in [1.54, 1.807) is 0 Å². The highest BCUT2D eigenvalue weighted by Crippen LogP contribution is 2.40. The molecule has 0 amide bonds. The van der Waals surface area contributed by atoms with E-state index in [4.69, 9.17) is 18.9 Å². The van der Waals surface area contributed by atoms with Crippen molar-refractivity contribution in [3.05, 3.63) is 52.0 Å². The molecule has 0 atom stereocenters. The highest BCUT2D eigenvalue weighted by Gasteiger charge is 2.25. The average molecular weight is 634 g/mol. The number of esters is 4. The summed E-state index contributed by atoms with van der Waals surface area (Å²) in [5.74, 6) is -2.95. The van der Waals surface area contributed by atoms with Gasteiger partial charge in [0.1, 0.15) is 6.61 Å². The van der Waals surface area contributed by atoms with E-state index in [0.29, 0.717) is 19.3 Å². The first-order valence-corrected chi connectivity index (χ1v) is 15.3. The van der Waals surface area contributed by atoms with Crippen molar-refractivity contribution >= 4 is 39.8 Å². The number of hydrogen-bond acceptors (Lipinski definition) is 8. The van der Waals surface area contributed by atoms with Gasteiger partial charge < -0.3 is 18.9 Å². The zero-order valence-corrected chi connectivity index (χ0v) is 25.9. The van der Waals surface area contributed by atoms with Gasteiger partial charge in [-0.2, -0.15) is 0 Å². The van der Waals surface area contributed by atoms with Crippen molar-refractivity contribution < 1.29 is 38.1 Å². The summed E-state index contributed by atoms with van der Waals surface area (Å²) in [6.07, 6.45) is 7.57. The molecule has 0 aliphatic heterocycles. The second-order valence-corrected chi connectivity index (χ2v) is 10.7. The SMILES string of the molecule is CCCCCC(=O)Oc1cc(C(=O)OCc2cccc(Br)c2)cc(OC(=O)CCCCC)c1OC(=O)CCCCC. The normalized spacial score (nSPS) is 10.6. The predicted octanol–water partition coefficient (Wildman–Crippen LogP) is 8.26. The lowest BCUT2D eigenvalue weighted by molar-refractivity contribution is -0.138. The monoisotopic (exact) mass is 632 g/mol. The summed E-state index contributed by atoms with van der Waals surface area (Å²) in [4.78, 5) is 51.1. The lowest BCUT2D eigenvalue weighted by atomic mass is 10.1. The topological polar surface area (TPSA) is 105 Å². The van der Waals surface area contributed by atoms with Crippen LogP contribution in [0.5, 0.6) is 17.2 Å². The summed E-state index contributed by atoms with van der Waals surface area (Å²) in [5.41, 5.74) is 0.744. The molecule has 0 saturated carbocycles. The minimum Gasteiger partial charge on any atom is -0.457 e. The predicted molar refractivity (Wildman–Crippen MR) is 159 cm³/mol. The van der Waals surface area contributed by atoms with E-state index in [0.717, 1.165) is 48.6 Å². The van der Waals surface area contributed by atoms with E-state index in [2.05, 4.69) is 15.9 Å². The fraction of sp³-hybridized carbons (Fsp3) is 0.500. The van der Waals surface area contributed by atoms with Gasteiger partial charge in [0.25, 0.3) is 0 Å². The Morgan fingerprint density at radius 1 is 0.659 bits per heavy atom. The minimum atomic E-state index is -0.725. The molecule has 0 radical (unpaired) electrons. The summed E-state index contributed by atoms with van der Waals surface area (Å²) in [6.45, 7) is 6.05. The van der Waals surface area contributed by atoms with Gasteiger partial charge >= 0.3 is 23.9 Å². The summed E-state index contributed by atoms with van der Waals surface area (Å²) in [5, 5.41) is 0. The quantitative estimate of drug-likeness (QED) is 0.0918. The number of halogens is 1. The Bertz CT molecular complexity index is 1120. The highest BCUT2D eigenvalue weighted by molar-refractivity contribution is 9.10. The summed E-state index contributed by atoms with van der Waals surface area (Å²) < 4.78 is 23.1. The lowest BCUT2D eigenvalue weighted by Gasteiger charge is -2.16. The molecule has 8 nitrogen and oxygen atoms in total. The fourth-order valence-corrected chi connectivity index (χ4v) is 4.32. The summed E-state index contributed by atoms with van der Waals surface area (Å²) in [6, 6.07) is 9.88. The molecule has 224 valence electrons. The molecule has 9 heteroatoms. The van der Waals surface area contributed by atoms with Crippen molar-refractivity contribution in [2.24, 2.45) is 0 Å². The Balaban J connectivity index is 2.42. The van der Waals surface area contributed by atoms with Gasteiger partial charge in [-0.05, 0) is 49.1 Å². The van der Waals surface area contributed by atoms with Gasteiger partial charge in [-0.3, -0.25) is 14.4 Å². The second-order valence-electron chi connectivity index (χ2n) is 9.80. The maximum Gasteiger partial charge on any atom is 0.338 e. The Labute approximate surface area is 251 Å². The fourth-order valence-electron chi connectivity index (χ4n) is 3.88. The van der Waals surface area contributed by atoms with Gasteiger partial charge in [-0.25, -0.2) is 4.79 Å². The van der Waals surface area contributed by atoms with Gasteiger partial charge in [-0.15, -0.1) is 0 Å². The number of ether oxygens (including phenoxy) is 4. The van der Waals surface area contributed by atoms with Crippen LogP contribution in [0.3, 0.4) is 0 Å². The number of unbranched alkanes of at least 4 members (excludes halogenated alkanes) is 6. The van der Waals surface area contributed by atoms with Crippen LogP contribution in [0.2, 0.25) is 0 Å². The van der Waals surface area contributed by atoms with E-state index in [1.165, 1.54) is 12.1 Å². The molecule has 0 spiro atoms. The number of carbonyl (C=O) groups excluding carboxylic acids is 4. The van der Waals surface area contributed by atoms with Crippen LogP contribution in [-0.2, 0) is 25.7 Å². The number of carbonyl (C=O) groups is 4.